The molecule has 3 rings (SSSR count). The van der Waals surface area contributed by atoms with Gasteiger partial charge in [-0.3, -0.25) is 4.79 Å². The molecule has 0 radical (unpaired) electrons. The first-order valence-electron chi connectivity index (χ1n) is 14.7. The Hall–Kier alpha value is -2.71. The molecule has 0 fully saturated rings. The van der Waals surface area contributed by atoms with Gasteiger partial charge in [0.1, 0.15) is 17.4 Å². The van der Waals surface area contributed by atoms with Crippen molar-refractivity contribution in [2.75, 3.05) is 25.6 Å². The van der Waals surface area contributed by atoms with Crippen LogP contribution >= 0.6 is 0 Å². The minimum Gasteiger partial charge on any atom is -0.496 e. The largest absolute Gasteiger partial charge is 0.496 e. The van der Waals surface area contributed by atoms with E-state index in [1.807, 2.05) is 13.8 Å². The molecular formula is C32H49FN2O5. The van der Waals surface area contributed by atoms with Crippen LogP contribution in [0.1, 0.15) is 101 Å². The van der Waals surface area contributed by atoms with Crippen LogP contribution in [0.4, 0.5) is 10.2 Å². The summed E-state index contributed by atoms with van der Waals surface area (Å²) in [6, 6.07) is 6.26. The highest BCUT2D eigenvalue weighted by atomic mass is 19.1. The maximum atomic E-state index is 13.1. The zero-order valence-electron chi connectivity index (χ0n) is 25.2. The van der Waals surface area contributed by atoms with E-state index >= 15 is 0 Å². The molecule has 2 heterocycles. The molecule has 2 aromatic rings. The van der Waals surface area contributed by atoms with Crippen molar-refractivity contribution in [3.63, 3.8) is 0 Å². The number of aryl methyl sites for hydroxylation is 1. The SMILES string of the molecule is CC(C)OCc1ccc(F)cc1C(C)C(=O)O.CCCC(CC)OCCCCc1cc(OC)c2c(n1)NCCC2. The molecule has 0 saturated heterocycles. The molecule has 1 aromatic carbocycles. The average Bonchev–Trinajstić information content (AvgIpc) is 2.95. The lowest BCUT2D eigenvalue weighted by Crippen LogP contribution is -2.15. The number of anilines is 1. The first-order chi connectivity index (χ1) is 19.2. The molecule has 40 heavy (non-hydrogen) atoms. The summed E-state index contributed by atoms with van der Waals surface area (Å²) >= 11 is 0. The van der Waals surface area contributed by atoms with E-state index in [1.165, 1.54) is 37.5 Å². The number of carboxylic acids is 1. The van der Waals surface area contributed by atoms with Crippen molar-refractivity contribution in [1.29, 1.82) is 0 Å². The van der Waals surface area contributed by atoms with Crippen LogP contribution in [0.3, 0.4) is 0 Å². The van der Waals surface area contributed by atoms with Gasteiger partial charge in [0, 0.05) is 30.5 Å². The zero-order chi connectivity index (χ0) is 29.5. The van der Waals surface area contributed by atoms with Crippen LogP contribution in [-0.2, 0) is 33.7 Å². The predicted molar refractivity (Wildman–Crippen MR) is 158 cm³/mol. The molecule has 0 saturated carbocycles. The van der Waals surface area contributed by atoms with Crippen LogP contribution in [-0.4, -0.2) is 48.5 Å². The first-order valence-corrected chi connectivity index (χ1v) is 14.7. The van der Waals surface area contributed by atoms with Gasteiger partial charge >= 0.3 is 5.97 Å². The van der Waals surface area contributed by atoms with Crippen LogP contribution in [0.15, 0.2) is 24.3 Å². The van der Waals surface area contributed by atoms with Gasteiger partial charge in [-0.05, 0) is 89.0 Å². The highest BCUT2D eigenvalue weighted by Gasteiger charge is 2.19. The van der Waals surface area contributed by atoms with Gasteiger partial charge in [-0.2, -0.15) is 0 Å². The van der Waals surface area contributed by atoms with Crippen LogP contribution in [0, 0.1) is 5.82 Å². The summed E-state index contributed by atoms with van der Waals surface area (Å²) in [4.78, 5) is 15.7. The Labute approximate surface area is 239 Å². The summed E-state index contributed by atoms with van der Waals surface area (Å²) in [5.74, 6) is -0.127. The van der Waals surface area contributed by atoms with E-state index in [4.69, 9.17) is 24.3 Å². The quantitative estimate of drug-likeness (QED) is 0.221. The maximum absolute atomic E-state index is 13.1. The van der Waals surface area contributed by atoms with E-state index in [0.717, 1.165) is 74.5 Å². The fourth-order valence-electron chi connectivity index (χ4n) is 4.64. The number of ether oxygens (including phenoxy) is 3. The van der Waals surface area contributed by atoms with E-state index in [-0.39, 0.29) is 6.10 Å². The minimum absolute atomic E-state index is 0.0491. The number of unbranched alkanes of at least 4 members (excludes halogenated alkanes) is 1. The van der Waals surface area contributed by atoms with Crippen LogP contribution < -0.4 is 10.1 Å². The number of fused-ring (bicyclic) bond motifs is 1. The molecule has 0 aliphatic carbocycles. The molecule has 224 valence electrons. The highest BCUT2D eigenvalue weighted by Crippen LogP contribution is 2.30. The number of aromatic nitrogens is 1. The monoisotopic (exact) mass is 560 g/mol. The number of carboxylic acid groups (broad SMARTS) is 1. The molecule has 1 aromatic heterocycles. The van der Waals surface area contributed by atoms with Crippen molar-refractivity contribution in [2.24, 2.45) is 0 Å². The number of methoxy groups -OCH3 is 1. The number of carbonyl (C=O) groups is 1. The van der Waals surface area contributed by atoms with Crippen molar-refractivity contribution in [3.05, 3.63) is 52.5 Å². The maximum Gasteiger partial charge on any atom is 0.310 e. The number of nitrogens with zero attached hydrogens (tertiary/aromatic N) is 1. The summed E-state index contributed by atoms with van der Waals surface area (Å²) < 4.78 is 30.1. The van der Waals surface area contributed by atoms with Crippen LogP contribution in [0.2, 0.25) is 0 Å². The Kier molecular flexibility index (Phi) is 15.0. The lowest BCUT2D eigenvalue weighted by atomic mass is 9.96. The number of hydrogen-bond donors (Lipinski definition) is 2. The Bertz CT molecular complexity index is 1030. The molecule has 1 aliphatic heterocycles. The second-order valence-corrected chi connectivity index (χ2v) is 10.6. The van der Waals surface area contributed by atoms with E-state index in [9.17, 15) is 9.18 Å². The van der Waals surface area contributed by atoms with Crippen LogP contribution in [0.5, 0.6) is 5.75 Å². The Morgan fingerprint density at radius 2 is 1.93 bits per heavy atom. The molecule has 7 nitrogen and oxygen atoms in total. The molecular weight excluding hydrogens is 511 g/mol. The lowest BCUT2D eigenvalue weighted by Gasteiger charge is -2.20. The van der Waals surface area contributed by atoms with E-state index in [1.54, 1.807) is 13.2 Å². The molecule has 2 N–H and O–H groups in total. The van der Waals surface area contributed by atoms with Gasteiger partial charge in [0.05, 0.1) is 31.8 Å². The van der Waals surface area contributed by atoms with Gasteiger partial charge in [-0.1, -0.05) is 26.3 Å². The molecule has 8 heteroatoms. The van der Waals surface area contributed by atoms with Gasteiger partial charge in [0.2, 0.25) is 0 Å². The van der Waals surface area contributed by atoms with Gasteiger partial charge in [-0.15, -0.1) is 0 Å². The molecule has 2 unspecified atom stereocenters. The topological polar surface area (TPSA) is 89.9 Å². The number of aliphatic carboxylic acids is 1. The average molecular weight is 561 g/mol. The number of hydrogen-bond acceptors (Lipinski definition) is 6. The van der Waals surface area contributed by atoms with Crippen molar-refractivity contribution in [1.82, 2.24) is 4.98 Å². The number of rotatable bonds is 15. The van der Waals surface area contributed by atoms with Crippen molar-refractivity contribution < 1.29 is 28.5 Å². The van der Waals surface area contributed by atoms with Gasteiger partial charge in [0.15, 0.2) is 0 Å². The number of halogens is 1. The van der Waals surface area contributed by atoms with Gasteiger partial charge in [-0.25, -0.2) is 9.37 Å². The highest BCUT2D eigenvalue weighted by molar-refractivity contribution is 5.76. The third kappa shape index (κ3) is 11.0. The molecule has 0 bridgehead atoms. The Morgan fingerprint density at radius 3 is 2.58 bits per heavy atom. The summed E-state index contributed by atoms with van der Waals surface area (Å²) in [7, 11) is 1.75. The molecule has 2 atom stereocenters. The first kappa shape index (κ1) is 33.5. The number of pyridine rings is 1. The molecule has 1 aliphatic rings. The zero-order valence-corrected chi connectivity index (χ0v) is 25.2. The van der Waals surface area contributed by atoms with Crippen molar-refractivity contribution >= 4 is 11.8 Å². The molecule has 0 amide bonds. The van der Waals surface area contributed by atoms with Crippen molar-refractivity contribution in [3.8, 4) is 5.75 Å². The van der Waals surface area contributed by atoms with Crippen LogP contribution in [0.25, 0.3) is 0 Å². The fraction of sp³-hybridized carbons (Fsp3) is 0.625. The third-order valence-electron chi connectivity index (χ3n) is 7.02. The minimum atomic E-state index is -0.971. The van der Waals surface area contributed by atoms with E-state index in [2.05, 4.69) is 25.2 Å². The standard InChI is InChI=1S/C19H32N2O2.C13H17FO3/c1-4-9-16(5-2)23-13-7-6-10-15-14-18(22-3)17-11-8-12-20-19(17)21-15;1-8(2)17-7-10-4-5-11(14)6-12(10)9(3)13(15)16/h14,16H,4-13H2,1-3H3,(H,20,21);4-6,8-9H,7H2,1-3H3,(H,15,16). The summed E-state index contributed by atoms with van der Waals surface area (Å²) in [5, 5.41) is 12.4. The number of benzene rings is 1. The number of nitrogens with one attached hydrogen (secondary N) is 1. The normalized spacial score (nSPS) is 14.0. The second kappa shape index (κ2) is 17.9. The van der Waals surface area contributed by atoms with Gasteiger partial charge in [0.25, 0.3) is 0 Å². The summed E-state index contributed by atoms with van der Waals surface area (Å²) in [6.07, 6.45) is 9.37. The van der Waals surface area contributed by atoms with Gasteiger partial charge < -0.3 is 24.6 Å². The second-order valence-electron chi connectivity index (χ2n) is 10.6. The molecule has 0 spiro atoms. The van der Waals surface area contributed by atoms with E-state index in [0.29, 0.717) is 18.3 Å². The van der Waals surface area contributed by atoms with Crippen molar-refractivity contribution in [2.45, 2.75) is 111 Å². The lowest BCUT2D eigenvalue weighted by molar-refractivity contribution is -0.138. The van der Waals surface area contributed by atoms with E-state index < -0.39 is 17.7 Å². The smallest absolute Gasteiger partial charge is 0.310 e. The third-order valence-corrected chi connectivity index (χ3v) is 7.02. The predicted octanol–water partition coefficient (Wildman–Crippen LogP) is 7.31. The fourth-order valence-corrected chi connectivity index (χ4v) is 4.64. The summed E-state index contributed by atoms with van der Waals surface area (Å²) in [5.41, 5.74) is 3.54. The Morgan fingerprint density at radius 1 is 1.15 bits per heavy atom. The summed E-state index contributed by atoms with van der Waals surface area (Å²) in [6.45, 7) is 11.9. The Balaban J connectivity index is 0.000000294.